The van der Waals surface area contributed by atoms with Crippen molar-refractivity contribution in [1.29, 1.82) is 0 Å². The minimum absolute atomic E-state index is 0.0890. The molecule has 1 aliphatic rings. The Morgan fingerprint density at radius 2 is 2.44 bits per heavy atom. The highest BCUT2D eigenvalue weighted by molar-refractivity contribution is 4.99. The lowest BCUT2D eigenvalue weighted by Gasteiger charge is -2.36. The summed E-state index contributed by atoms with van der Waals surface area (Å²) in [4.78, 5) is 0. The molecule has 0 saturated carbocycles. The van der Waals surface area contributed by atoms with Crippen LogP contribution < -0.4 is 5.32 Å². The van der Waals surface area contributed by atoms with Gasteiger partial charge in [-0.1, -0.05) is 0 Å². The summed E-state index contributed by atoms with van der Waals surface area (Å²) in [6.07, 6.45) is 2.85. The van der Waals surface area contributed by atoms with Gasteiger partial charge in [-0.2, -0.15) is 5.10 Å². The van der Waals surface area contributed by atoms with Gasteiger partial charge in [0.15, 0.2) is 0 Å². The third kappa shape index (κ3) is 3.80. The van der Waals surface area contributed by atoms with Crippen molar-refractivity contribution in [3.63, 3.8) is 0 Å². The Morgan fingerprint density at radius 3 is 3.11 bits per heavy atom. The van der Waals surface area contributed by atoms with Crippen LogP contribution in [-0.4, -0.2) is 47.8 Å². The van der Waals surface area contributed by atoms with Crippen molar-refractivity contribution < 1.29 is 9.47 Å². The first-order valence-corrected chi connectivity index (χ1v) is 6.50. The molecule has 0 amide bonds. The maximum absolute atomic E-state index is 5.93. The number of nitrogens with zero attached hydrogens (tertiary/aromatic N) is 2. The topological polar surface area (TPSA) is 48.3 Å². The number of morpholine rings is 1. The van der Waals surface area contributed by atoms with Crippen molar-refractivity contribution >= 4 is 0 Å². The van der Waals surface area contributed by atoms with E-state index in [1.165, 1.54) is 5.69 Å². The third-order valence-electron chi connectivity index (χ3n) is 3.14. The zero-order valence-electron chi connectivity index (χ0n) is 11.5. The van der Waals surface area contributed by atoms with Crippen molar-refractivity contribution in [1.82, 2.24) is 15.1 Å². The van der Waals surface area contributed by atoms with E-state index in [0.717, 1.165) is 19.5 Å². The SMILES string of the molecule is Cn1nccc1CCOCC1CNCC(C)(C)O1. The molecule has 0 aliphatic carbocycles. The van der Waals surface area contributed by atoms with Gasteiger partial charge in [-0.3, -0.25) is 4.68 Å². The Hall–Kier alpha value is -0.910. The molecule has 0 aromatic carbocycles. The van der Waals surface area contributed by atoms with E-state index in [9.17, 15) is 0 Å². The van der Waals surface area contributed by atoms with Gasteiger partial charge in [-0.25, -0.2) is 0 Å². The lowest BCUT2D eigenvalue weighted by Crippen LogP contribution is -2.51. The molecular weight excluding hydrogens is 230 g/mol. The van der Waals surface area contributed by atoms with Crippen LogP contribution in [0.3, 0.4) is 0 Å². The van der Waals surface area contributed by atoms with E-state index in [2.05, 4.69) is 24.3 Å². The molecule has 2 heterocycles. The summed E-state index contributed by atoms with van der Waals surface area (Å²) in [5.41, 5.74) is 1.10. The molecule has 102 valence electrons. The maximum atomic E-state index is 5.93. The van der Waals surface area contributed by atoms with Crippen molar-refractivity contribution in [3.8, 4) is 0 Å². The summed E-state index contributed by atoms with van der Waals surface area (Å²) in [5, 5.41) is 7.50. The summed E-state index contributed by atoms with van der Waals surface area (Å²) in [5.74, 6) is 0. The van der Waals surface area contributed by atoms with Crippen LogP contribution in [0.1, 0.15) is 19.5 Å². The number of aryl methyl sites for hydroxylation is 1. The molecule has 5 heteroatoms. The molecule has 1 saturated heterocycles. The van der Waals surface area contributed by atoms with Crippen LogP contribution in [0.15, 0.2) is 12.3 Å². The monoisotopic (exact) mass is 253 g/mol. The van der Waals surface area contributed by atoms with E-state index in [-0.39, 0.29) is 11.7 Å². The zero-order chi connectivity index (χ0) is 13.0. The fraction of sp³-hybridized carbons (Fsp3) is 0.769. The predicted molar refractivity (Wildman–Crippen MR) is 69.6 cm³/mol. The third-order valence-corrected chi connectivity index (χ3v) is 3.14. The number of rotatable bonds is 5. The number of hydrogen-bond acceptors (Lipinski definition) is 4. The Morgan fingerprint density at radius 1 is 1.61 bits per heavy atom. The first-order chi connectivity index (χ1) is 8.57. The molecule has 1 N–H and O–H groups in total. The van der Waals surface area contributed by atoms with Gasteiger partial charge in [0.2, 0.25) is 0 Å². The van der Waals surface area contributed by atoms with Crippen LogP contribution in [0.4, 0.5) is 0 Å². The van der Waals surface area contributed by atoms with Gasteiger partial charge >= 0.3 is 0 Å². The quantitative estimate of drug-likeness (QED) is 0.787. The second-order valence-electron chi connectivity index (χ2n) is 5.40. The van der Waals surface area contributed by atoms with Gasteiger partial charge in [0, 0.05) is 38.4 Å². The normalized spacial score (nSPS) is 23.2. The minimum Gasteiger partial charge on any atom is -0.378 e. The lowest BCUT2D eigenvalue weighted by atomic mass is 10.1. The molecule has 0 spiro atoms. The summed E-state index contributed by atoms with van der Waals surface area (Å²) in [7, 11) is 1.95. The van der Waals surface area contributed by atoms with Gasteiger partial charge in [0.1, 0.15) is 0 Å². The largest absolute Gasteiger partial charge is 0.378 e. The second-order valence-corrected chi connectivity index (χ2v) is 5.40. The van der Waals surface area contributed by atoms with E-state index in [0.29, 0.717) is 13.2 Å². The van der Waals surface area contributed by atoms with E-state index in [1.807, 2.05) is 24.0 Å². The standard InChI is InChI=1S/C13H23N3O2/c1-13(2)10-14-8-12(18-13)9-17-7-5-11-4-6-15-16(11)3/h4,6,12,14H,5,7-10H2,1-3H3. The van der Waals surface area contributed by atoms with E-state index < -0.39 is 0 Å². The van der Waals surface area contributed by atoms with Crippen molar-refractivity contribution in [2.45, 2.75) is 32.0 Å². The molecule has 2 rings (SSSR count). The first-order valence-electron chi connectivity index (χ1n) is 6.50. The summed E-state index contributed by atoms with van der Waals surface area (Å²) in [6, 6.07) is 2.02. The lowest BCUT2D eigenvalue weighted by molar-refractivity contribution is -0.120. The Kier molecular flexibility index (Phi) is 4.37. The molecule has 0 bridgehead atoms. The minimum atomic E-state index is -0.0890. The number of ether oxygens (including phenoxy) is 2. The summed E-state index contributed by atoms with van der Waals surface area (Å²) < 4.78 is 13.5. The molecule has 1 fully saturated rings. The van der Waals surface area contributed by atoms with E-state index in [4.69, 9.17) is 9.47 Å². The molecule has 1 aliphatic heterocycles. The maximum Gasteiger partial charge on any atom is 0.0940 e. The van der Waals surface area contributed by atoms with Crippen molar-refractivity contribution in [2.24, 2.45) is 7.05 Å². The fourth-order valence-electron chi connectivity index (χ4n) is 2.20. The molecule has 1 aromatic heterocycles. The van der Waals surface area contributed by atoms with Gasteiger partial charge in [-0.15, -0.1) is 0 Å². The number of nitrogens with one attached hydrogen (secondary N) is 1. The Balaban J connectivity index is 1.65. The average Bonchev–Trinajstić information content (AvgIpc) is 2.69. The van der Waals surface area contributed by atoms with Crippen LogP contribution in [-0.2, 0) is 22.9 Å². The van der Waals surface area contributed by atoms with Crippen LogP contribution in [0.25, 0.3) is 0 Å². The number of hydrogen-bond donors (Lipinski definition) is 1. The van der Waals surface area contributed by atoms with Crippen LogP contribution in [0, 0.1) is 0 Å². The van der Waals surface area contributed by atoms with E-state index >= 15 is 0 Å². The molecule has 0 radical (unpaired) electrons. The Bertz CT molecular complexity index is 376. The second kappa shape index (κ2) is 5.82. The molecule has 1 atom stereocenters. The molecule has 1 unspecified atom stereocenters. The van der Waals surface area contributed by atoms with Crippen molar-refractivity contribution in [3.05, 3.63) is 18.0 Å². The predicted octanol–water partition coefficient (Wildman–Crippen LogP) is 0.746. The van der Waals surface area contributed by atoms with Crippen LogP contribution in [0.5, 0.6) is 0 Å². The molecular formula is C13H23N3O2. The molecule has 5 nitrogen and oxygen atoms in total. The highest BCUT2D eigenvalue weighted by Gasteiger charge is 2.28. The van der Waals surface area contributed by atoms with Gasteiger partial charge < -0.3 is 14.8 Å². The summed E-state index contributed by atoms with van der Waals surface area (Å²) >= 11 is 0. The van der Waals surface area contributed by atoms with Crippen molar-refractivity contribution in [2.75, 3.05) is 26.3 Å². The van der Waals surface area contributed by atoms with Gasteiger partial charge in [0.25, 0.3) is 0 Å². The zero-order valence-corrected chi connectivity index (χ0v) is 11.5. The molecule has 1 aromatic rings. The molecule has 18 heavy (non-hydrogen) atoms. The summed E-state index contributed by atoms with van der Waals surface area (Å²) in [6.45, 7) is 7.32. The first kappa shape index (κ1) is 13.5. The average molecular weight is 253 g/mol. The van der Waals surface area contributed by atoms with Crippen LogP contribution in [0.2, 0.25) is 0 Å². The Labute approximate surface area is 108 Å². The van der Waals surface area contributed by atoms with Gasteiger partial charge in [0.05, 0.1) is 24.9 Å². The fourth-order valence-corrected chi connectivity index (χ4v) is 2.20. The van der Waals surface area contributed by atoms with Gasteiger partial charge in [-0.05, 0) is 19.9 Å². The number of aromatic nitrogens is 2. The smallest absolute Gasteiger partial charge is 0.0940 e. The van der Waals surface area contributed by atoms with Crippen LogP contribution >= 0.6 is 0 Å². The highest BCUT2D eigenvalue weighted by atomic mass is 16.5. The van der Waals surface area contributed by atoms with E-state index in [1.54, 1.807) is 0 Å². The highest BCUT2D eigenvalue weighted by Crippen LogP contribution is 2.15.